The molecule has 3 amide bonds. The Labute approximate surface area is 278 Å². The molecule has 7 nitrogen and oxygen atoms in total. The van der Waals surface area contributed by atoms with Crippen LogP contribution < -0.4 is 16.0 Å². The van der Waals surface area contributed by atoms with Gasteiger partial charge in [0.1, 0.15) is 0 Å². The van der Waals surface area contributed by atoms with Crippen molar-refractivity contribution in [1.29, 1.82) is 0 Å². The van der Waals surface area contributed by atoms with E-state index in [9.17, 15) is 9.59 Å². The molecule has 7 heteroatoms. The number of rotatable bonds is 10. The minimum absolute atomic E-state index is 0.0215. The first-order chi connectivity index (χ1) is 22.9. The Morgan fingerprint density at radius 2 is 1.43 bits per heavy atom. The van der Waals surface area contributed by atoms with Gasteiger partial charge >= 0.3 is 6.03 Å². The van der Waals surface area contributed by atoms with Gasteiger partial charge in [-0.2, -0.15) is 5.10 Å². The number of nitrogens with two attached hydrogens (primary N) is 1. The summed E-state index contributed by atoms with van der Waals surface area (Å²) in [5.74, 6) is 0.194. The zero-order chi connectivity index (χ0) is 32.8. The molecule has 242 valence electrons. The maximum atomic E-state index is 14.7. The lowest BCUT2D eigenvalue weighted by Gasteiger charge is -2.28. The van der Waals surface area contributed by atoms with Crippen LogP contribution in [-0.4, -0.2) is 35.2 Å². The number of benzene rings is 4. The van der Waals surface area contributed by atoms with Gasteiger partial charge in [0.25, 0.3) is 0 Å². The van der Waals surface area contributed by atoms with Crippen LogP contribution in [0.5, 0.6) is 0 Å². The lowest BCUT2D eigenvalue weighted by Crippen LogP contribution is -2.39. The van der Waals surface area contributed by atoms with Crippen molar-refractivity contribution in [3.05, 3.63) is 126 Å². The molecular weight excluding hydrogens is 582 g/mol. The molecule has 1 heterocycles. The molecule has 47 heavy (non-hydrogen) atoms. The van der Waals surface area contributed by atoms with E-state index < -0.39 is 6.04 Å². The maximum absolute atomic E-state index is 14.7. The minimum atomic E-state index is -0.603. The second-order valence-corrected chi connectivity index (χ2v) is 13.0. The average molecular weight is 628 g/mol. The number of hydrazone groups is 1. The van der Waals surface area contributed by atoms with Gasteiger partial charge in [-0.25, -0.2) is 9.80 Å². The van der Waals surface area contributed by atoms with E-state index in [-0.39, 0.29) is 23.8 Å². The molecule has 1 saturated carbocycles. The molecule has 6 rings (SSSR count). The van der Waals surface area contributed by atoms with Gasteiger partial charge in [0, 0.05) is 29.6 Å². The zero-order valence-electron chi connectivity index (χ0n) is 27.4. The molecule has 1 atom stereocenters. The Hall–Kier alpha value is -4.75. The van der Waals surface area contributed by atoms with Gasteiger partial charge in [-0.3, -0.25) is 9.69 Å². The number of carbonyl (C=O) groups excluding carboxylic acids is 2. The number of hydrogen-bond donors (Lipinski definition) is 2. The van der Waals surface area contributed by atoms with Crippen LogP contribution in [0.4, 0.5) is 21.9 Å². The molecule has 0 aromatic heterocycles. The fourth-order valence-electron chi connectivity index (χ4n) is 6.77. The van der Waals surface area contributed by atoms with E-state index in [1.165, 1.54) is 30.4 Å². The van der Waals surface area contributed by atoms with Gasteiger partial charge in [0.15, 0.2) is 0 Å². The molecule has 0 unspecified atom stereocenters. The standard InChI is InChI=1S/C40H45N5O2/c1-28(2)37(41)39(46)42-32-22-24-33(25-23-32)45-36-21-13-12-20-35(36)38(31-18-10-5-11-19-31)43-44(40(45)47)27-26-34(29-14-6-3-7-15-29)30-16-8-4-9-17-30/h3-4,6-9,12-17,20-25,28,31,34,37H,5,10-11,18-19,26-27,41H2,1-2H3,(H,42,46)/t37-/m0/s1. The van der Waals surface area contributed by atoms with Gasteiger partial charge in [0.2, 0.25) is 5.91 Å². The Morgan fingerprint density at radius 1 is 0.830 bits per heavy atom. The van der Waals surface area contributed by atoms with Crippen molar-refractivity contribution in [2.45, 2.75) is 64.3 Å². The number of anilines is 3. The largest absolute Gasteiger partial charge is 0.349 e. The van der Waals surface area contributed by atoms with Crippen LogP contribution in [0.25, 0.3) is 0 Å². The number of nitrogens with one attached hydrogen (secondary N) is 1. The Bertz CT molecular complexity index is 1640. The normalized spacial score (nSPS) is 16.1. The van der Waals surface area contributed by atoms with Crippen LogP contribution in [0.2, 0.25) is 0 Å². The predicted octanol–water partition coefficient (Wildman–Crippen LogP) is 8.69. The van der Waals surface area contributed by atoms with E-state index in [2.05, 4.69) is 59.9 Å². The maximum Gasteiger partial charge on any atom is 0.349 e. The highest BCUT2D eigenvalue weighted by Crippen LogP contribution is 2.38. The van der Waals surface area contributed by atoms with E-state index in [4.69, 9.17) is 10.8 Å². The first-order valence-corrected chi connectivity index (χ1v) is 17.0. The van der Waals surface area contributed by atoms with Gasteiger partial charge in [-0.1, -0.05) is 112 Å². The summed E-state index contributed by atoms with van der Waals surface area (Å²) in [6.45, 7) is 4.30. The van der Waals surface area contributed by atoms with Crippen LogP contribution in [-0.2, 0) is 4.79 Å². The lowest BCUT2D eigenvalue weighted by molar-refractivity contribution is -0.118. The Kier molecular flexibility index (Phi) is 10.1. The van der Waals surface area contributed by atoms with Crippen molar-refractivity contribution < 1.29 is 9.59 Å². The summed E-state index contributed by atoms with van der Waals surface area (Å²) in [6, 6.07) is 35.8. The summed E-state index contributed by atoms with van der Waals surface area (Å²) < 4.78 is 0. The van der Waals surface area contributed by atoms with Gasteiger partial charge in [-0.05, 0) is 66.6 Å². The number of carbonyl (C=O) groups is 2. The highest BCUT2D eigenvalue weighted by atomic mass is 16.2. The summed E-state index contributed by atoms with van der Waals surface area (Å²) in [4.78, 5) is 29.1. The molecule has 4 aromatic rings. The Balaban J connectivity index is 1.36. The predicted molar refractivity (Wildman–Crippen MR) is 191 cm³/mol. The molecule has 0 saturated heterocycles. The third kappa shape index (κ3) is 7.31. The molecule has 0 radical (unpaired) electrons. The van der Waals surface area contributed by atoms with Crippen molar-refractivity contribution in [1.82, 2.24) is 5.01 Å². The number of urea groups is 1. The molecular formula is C40H45N5O2. The number of amides is 3. The Morgan fingerprint density at radius 3 is 2.04 bits per heavy atom. The second kappa shape index (κ2) is 14.8. The number of hydrogen-bond acceptors (Lipinski definition) is 4. The van der Waals surface area contributed by atoms with Crippen molar-refractivity contribution >= 4 is 34.7 Å². The number of fused-ring (bicyclic) bond motifs is 1. The second-order valence-electron chi connectivity index (χ2n) is 13.0. The molecule has 1 fully saturated rings. The first kappa shape index (κ1) is 32.2. The fourth-order valence-corrected chi connectivity index (χ4v) is 6.77. The SMILES string of the molecule is CC(C)[C@H](N)C(=O)Nc1ccc(N2C(=O)N(CCC(c3ccccc3)c3ccccc3)N=C(C3CCCCC3)c3ccccc32)cc1. The third-order valence-electron chi connectivity index (χ3n) is 9.50. The first-order valence-electron chi connectivity index (χ1n) is 17.0. The summed E-state index contributed by atoms with van der Waals surface area (Å²) >= 11 is 0. The van der Waals surface area contributed by atoms with Crippen molar-refractivity contribution in [2.75, 3.05) is 16.8 Å². The molecule has 0 bridgehead atoms. The fraction of sp³-hybridized carbons (Fsp3) is 0.325. The minimum Gasteiger partial charge on any atom is -0.325 e. The molecule has 1 aliphatic carbocycles. The summed E-state index contributed by atoms with van der Waals surface area (Å²) in [6.07, 6.45) is 6.42. The van der Waals surface area contributed by atoms with Crippen LogP contribution in [0.3, 0.4) is 0 Å². The zero-order valence-corrected chi connectivity index (χ0v) is 27.4. The van der Waals surface area contributed by atoms with Gasteiger partial charge in [0.05, 0.1) is 23.1 Å². The molecule has 2 aliphatic rings. The van der Waals surface area contributed by atoms with E-state index in [1.54, 1.807) is 9.91 Å². The van der Waals surface area contributed by atoms with E-state index in [0.717, 1.165) is 29.8 Å². The number of nitrogens with zero attached hydrogens (tertiary/aromatic N) is 3. The van der Waals surface area contributed by atoms with Crippen molar-refractivity contribution in [3.63, 3.8) is 0 Å². The summed E-state index contributed by atoms with van der Waals surface area (Å²) in [5.41, 5.74) is 12.7. The van der Waals surface area contributed by atoms with Gasteiger partial charge < -0.3 is 11.1 Å². The van der Waals surface area contributed by atoms with Crippen LogP contribution in [0, 0.1) is 11.8 Å². The molecule has 0 spiro atoms. The highest BCUT2D eigenvalue weighted by Gasteiger charge is 2.34. The smallest absolute Gasteiger partial charge is 0.325 e. The molecule has 1 aliphatic heterocycles. The van der Waals surface area contributed by atoms with Gasteiger partial charge in [-0.15, -0.1) is 0 Å². The molecule has 4 aromatic carbocycles. The highest BCUT2D eigenvalue weighted by molar-refractivity contribution is 6.13. The average Bonchev–Trinajstić information content (AvgIpc) is 3.23. The van der Waals surface area contributed by atoms with Crippen LogP contribution in [0.1, 0.15) is 75.0 Å². The van der Waals surface area contributed by atoms with Crippen molar-refractivity contribution in [2.24, 2.45) is 22.7 Å². The van der Waals surface area contributed by atoms with Crippen molar-refractivity contribution in [3.8, 4) is 0 Å². The monoisotopic (exact) mass is 627 g/mol. The van der Waals surface area contributed by atoms with Crippen LogP contribution in [0.15, 0.2) is 114 Å². The lowest BCUT2D eigenvalue weighted by atomic mass is 9.83. The summed E-state index contributed by atoms with van der Waals surface area (Å²) in [7, 11) is 0. The van der Waals surface area contributed by atoms with Crippen LogP contribution >= 0.6 is 0 Å². The van der Waals surface area contributed by atoms with E-state index in [1.807, 2.05) is 68.4 Å². The topological polar surface area (TPSA) is 91.0 Å². The molecule has 3 N–H and O–H groups in total. The quantitative estimate of drug-likeness (QED) is 0.184. The number of para-hydroxylation sites is 1. The van der Waals surface area contributed by atoms with E-state index >= 15 is 0 Å². The third-order valence-corrected chi connectivity index (χ3v) is 9.50. The summed E-state index contributed by atoms with van der Waals surface area (Å²) in [5, 5.41) is 9.85. The van der Waals surface area contributed by atoms with E-state index in [0.29, 0.717) is 30.3 Å².